The zero-order valence-corrected chi connectivity index (χ0v) is 9.71. The maximum absolute atomic E-state index is 12.0. The first-order valence-electron chi connectivity index (χ1n) is 5.35. The van der Waals surface area contributed by atoms with Crippen LogP contribution in [0.3, 0.4) is 0 Å². The smallest absolute Gasteiger partial charge is 0.311 e. The summed E-state index contributed by atoms with van der Waals surface area (Å²) in [5.74, 6) is -1.14. The Labute approximate surface area is 103 Å². The highest BCUT2D eigenvalue weighted by molar-refractivity contribution is 6.07. The van der Waals surface area contributed by atoms with E-state index in [0.717, 1.165) is 5.56 Å². The largest absolute Gasteiger partial charge is 0.481 e. The number of hydrogen-bond donors (Lipinski definition) is 1. The number of aryl methyl sites for hydroxylation is 1. The van der Waals surface area contributed by atoms with E-state index in [0.29, 0.717) is 5.56 Å². The molecule has 0 amide bonds. The van der Waals surface area contributed by atoms with Crippen LogP contribution in [-0.2, 0) is 11.2 Å². The molecular formula is C13H11NO4. The number of ketones is 1. The van der Waals surface area contributed by atoms with Crippen molar-refractivity contribution in [3.63, 3.8) is 0 Å². The maximum Gasteiger partial charge on any atom is 0.311 e. The van der Waals surface area contributed by atoms with Crippen LogP contribution in [0.1, 0.15) is 27.4 Å². The molecule has 92 valence electrons. The molecule has 1 aromatic carbocycles. The number of nitrogens with zero attached hydrogens (tertiary/aromatic N) is 1. The molecule has 0 saturated heterocycles. The Balaban J connectivity index is 2.21. The van der Waals surface area contributed by atoms with Gasteiger partial charge < -0.3 is 9.63 Å². The van der Waals surface area contributed by atoms with E-state index in [-0.39, 0.29) is 23.7 Å². The first kappa shape index (κ1) is 12.0. The molecule has 0 bridgehead atoms. The number of benzene rings is 1. The number of carbonyl (C=O) groups is 2. The van der Waals surface area contributed by atoms with Crippen molar-refractivity contribution in [2.24, 2.45) is 0 Å². The molecule has 0 atom stereocenters. The van der Waals surface area contributed by atoms with Gasteiger partial charge in [0.2, 0.25) is 5.78 Å². The Kier molecular flexibility index (Phi) is 3.23. The molecule has 18 heavy (non-hydrogen) atoms. The molecule has 0 unspecified atom stereocenters. The average molecular weight is 245 g/mol. The minimum Gasteiger partial charge on any atom is -0.481 e. The number of carboxylic acids is 1. The van der Waals surface area contributed by atoms with Crippen molar-refractivity contribution in [1.82, 2.24) is 5.16 Å². The lowest BCUT2D eigenvalue weighted by Crippen LogP contribution is -2.01. The van der Waals surface area contributed by atoms with E-state index in [1.54, 1.807) is 12.1 Å². The number of hydrogen-bond acceptors (Lipinski definition) is 4. The van der Waals surface area contributed by atoms with Gasteiger partial charge in [0, 0.05) is 11.6 Å². The molecule has 5 heteroatoms. The van der Waals surface area contributed by atoms with E-state index in [9.17, 15) is 9.59 Å². The number of carbonyl (C=O) groups excluding carboxylic acids is 1. The Morgan fingerprint density at radius 3 is 2.56 bits per heavy atom. The van der Waals surface area contributed by atoms with Crippen molar-refractivity contribution >= 4 is 11.8 Å². The molecule has 0 spiro atoms. The van der Waals surface area contributed by atoms with Crippen LogP contribution < -0.4 is 0 Å². The Morgan fingerprint density at radius 2 is 1.94 bits per heavy atom. The fraction of sp³-hybridized carbons (Fsp3) is 0.154. The Hall–Kier alpha value is -2.43. The summed E-state index contributed by atoms with van der Waals surface area (Å²) in [5, 5.41) is 12.2. The highest BCUT2D eigenvalue weighted by atomic mass is 16.5. The van der Waals surface area contributed by atoms with Gasteiger partial charge in [-0.25, -0.2) is 0 Å². The summed E-state index contributed by atoms with van der Waals surface area (Å²) in [6, 6.07) is 8.40. The first-order valence-corrected chi connectivity index (χ1v) is 5.35. The van der Waals surface area contributed by atoms with E-state index in [2.05, 4.69) is 5.16 Å². The molecule has 5 nitrogen and oxygen atoms in total. The van der Waals surface area contributed by atoms with Crippen LogP contribution in [-0.4, -0.2) is 22.0 Å². The predicted octanol–water partition coefficient (Wildman–Crippen LogP) is 1.84. The summed E-state index contributed by atoms with van der Waals surface area (Å²) in [4.78, 5) is 22.5. The molecular weight excluding hydrogens is 234 g/mol. The first-order chi connectivity index (χ1) is 8.56. The molecule has 2 aromatic rings. The zero-order valence-electron chi connectivity index (χ0n) is 9.71. The molecule has 1 heterocycles. The lowest BCUT2D eigenvalue weighted by atomic mass is 10.1. The van der Waals surface area contributed by atoms with Crippen LogP contribution in [0, 0.1) is 6.92 Å². The Morgan fingerprint density at radius 1 is 1.28 bits per heavy atom. The third-order valence-electron chi connectivity index (χ3n) is 2.43. The van der Waals surface area contributed by atoms with Crippen molar-refractivity contribution in [3.8, 4) is 0 Å². The molecule has 0 aliphatic carbocycles. The van der Waals surface area contributed by atoms with Crippen molar-refractivity contribution in [2.75, 3.05) is 0 Å². The van der Waals surface area contributed by atoms with E-state index in [4.69, 9.17) is 9.63 Å². The van der Waals surface area contributed by atoms with Crippen molar-refractivity contribution in [2.45, 2.75) is 13.3 Å². The van der Waals surface area contributed by atoms with E-state index < -0.39 is 5.97 Å². The quantitative estimate of drug-likeness (QED) is 0.831. The van der Waals surface area contributed by atoms with Gasteiger partial charge in [0.25, 0.3) is 0 Å². The van der Waals surface area contributed by atoms with Gasteiger partial charge in [-0.2, -0.15) is 0 Å². The van der Waals surface area contributed by atoms with E-state index in [1.165, 1.54) is 6.07 Å². The van der Waals surface area contributed by atoms with Crippen LogP contribution in [0.2, 0.25) is 0 Å². The summed E-state index contributed by atoms with van der Waals surface area (Å²) in [6.07, 6.45) is -0.284. The lowest BCUT2D eigenvalue weighted by Gasteiger charge is -1.97. The molecule has 0 saturated carbocycles. The maximum atomic E-state index is 12.0. The highest BCUT2D eigenvalue weighted by Gasteiger charge is 2.15. The zero-order chi connectivity index (χ0) is 13.1. The minimum absolute atomic E-state index is 0.120. The van der Waals surface area contributed by atoms with E-state index in [1.807, 2.05) is 19.1 Å². The van der Waals surface area contributed by atoms with Gasteiger partial charge in [-0.15, -0.1) is 0 Å². The van der Waals surface area contributed by atoms with Gasteiger partial charge >= 0.3 is 5.97 Å². The second kappa shape index (κ2) is 4.83. The highest BCUT2D eigenvalue weighted by Crippen LogP contribution is 2.12. The second-order valence-electron chi connectivity index (χ2n) is 3.94. The topological polar surface area (TPSA) is 80.4 Å². The second-order valence-corrected chi connectivity index (χ2v) is 3.94. The molecule has 0 fully saturated rings. The fourth-order valence-corrected chi connectivity index (χ4v) is 1.51. The number of carboxylic acid groups (broad SMARTS) is 1. The SMILES string of the molecule is Cc1ccc(C(=O)c2cc(CC(=O)O)on2)cc1. The lowest BCUT2D eigenvalue weighted by molar-refractivity contribution is -0.136. The number of aromatic nitrogens is 1. The van der Waals surface area contributed by atoms with Crippen molar-refractivity contribution in [1.29, 1.82) is 0 Å². The third kappa shape index (κ3) is 2.63. The van der Waals surface area contributed by atoms with Crippen molar-refractivity contribution in [3.05, 3.63) is 52.9 Å². The van der Waals surface area contributed by atoms with Crippen LogP contribution in [0.5, 0.6) is 0 Å². The van der Waals surface area contributed by atoms with Gasteiger partial charge in [0.15, 0.2) is 5.69 Å². The average Bonchev–Trinajstić information content (AvgIpc) is 2.76. The molecule has 2 rings (SSSR count). The molecule has 1 N–H and O–H groups in total. The van der Waals surface area contributed by atoms with E-state index >= 15 is 0 Å². The predicted molar refractivity (Wildman–Crippen MR) is 62.5 cm³/mol. The van der Waals surface area contributed by atoms with Crippen LogP contribution in [0.25, 0.3) is 0 Å². The summed E-state index contributed by atoms with van der Waals surface area (Å²) in [7, 11) is 0. The van der Waals surface area contributed by atoms with Gasteiger partial charge in [-0.1, -0.05) is 35.0 Å². The normalized spacial score (nSPS) is 10.3. The van der Waals surface area contributed by atoms with Crippen LogP contribution >= 0.6 is 0 Å². The monoisotopic (exact) mass is 245 g/mol. The minimum atomic E-state index is -1.03. The molecule has 0 radical (unpaired) electrons. The van der Waals surface area contributed by atoms with Gasteiger partial charge in [0.05, 0.1) is 0 Å². The summed E-state index contributed by atoms with van der Waals surface area (Å²) < 4.78 is 4.79. The summed E-state index contributed by atoms with van der Waals surface area (Å²) in [6.45, 7) is 1.93. The van der Waals surface area contributed by atoms with Crippen LogP contribution in [0.15, 0.2) is 34.9 Å². The summed E-state index contributed by atoms with van der Waals surface area (Å²) >= 11 is 0. The van der Waals surface area contributed by atoms with Crippen molar-refractivity contribution < 1.29 is 19.2 Å². The Bertz CT molecular complexity index is 583. The fourth-order valence-electron chi connectivity index (χ4n) is 1.51. The number of rotatable bonds is 4. The van der Waals surface area contributed by atoms with Gasteiger partial charge in [-0.05, 0) is 6.92 Å². The molecule has 0 aliphatic rings. The number of aliphatic carboxylic acids is 1. The van der Waals surface area contributed by atoms with Gasteiger partial charge in [0.1, 0.15) is 12.2 Å². The van der Waals surface area contributed by atoms with Crippen LogP contribution in [0.4, 0.5) is 0 Å². The standard InChI is InChI=1S/C13H11NO4/c1-8-2-4-9(5-3-8)13(17)11-6-10(18-14-11)7-12(15)16/h2-6H,7H2,1H3,(H,15,16). The molecule has 0 aliphatic heterocycles. The third-order valence-corrected chi connectivity index (χ3v) is 2.43. The summed E-state index contributed by atoms with van der Waals surface area (Å²) in [5.41, 5.74) is 1.67. The molecule has 1 aromatic heterocycles. The van der Waals surface area contributed by atoms with Gasteiger partial charge in [-0.3, -0.25) is 9.59 Å².